The molecule has 2 heterocycles. The molecule has 1 amide bonds. The highest BCUT2D eigenvalue weighted by Crippen LogP contribution is 2.40. The lowest BCUT2D eigenvalue weighted by Gasteiger charge is -2.31. The summed E-state index contributed by atoms with van der Waals surface area (Å²) < 4.78 is 1.75. The predicted molar refractivity (Wildman–Crippen MR) is 99.0 cm³/mol. The number of carbonyl (C=O) groups excluding carboxylic acids is 1. The number of carbonyl (C=O) groups is 1. The third-order valence-corrected chi connectivity index (χ3v) is 4.82. The van der Waals surface area contributed by atoms with Gasteiger partial charge in [-0.3, -0.25) is 4.79 Å². The second-order valence-electron chi connectivity index (χ2n) is 6.54. The SMILES string of the molecule is CC1CN(C(=O)c2nc(C3CC3)n(-c3ccccc3Cl)n2)CCN1.Cl. The first kappa shape index (κ1) is 18.2. The molecule has 1 aromatic carbocycles. The molecule has 1 aliphatic heterocycles. The lowest BCUT2D eigenvalue weighted by atomic mass is 10.2. The number of piperazine rings is 1. The Balaban J connectivity index is 0.00000182. The fraction of sp³-hybridized carbons (Fsp3) is 0.471. The van der Waals surface area contributed by atoms with Gasteiger partial charge < -0.3 is 10.2 Å². The molecule has 134 valence electrons. The van der Waals surface area contributed by atoms with E-state index in [9.17, 15) is 4.79 Å². The van der Waals surface area contributed by atoms with Crippen LogP contribution in [0.4, 0.5) is 0 Å². The molecule has 1 unspecified atom stereocenters. The molecule has 4 rings (SSSR count). The van der Waals surface area contributed by atoms with Crippen molar-refractivity contribution in [2.75, 3.05) is 19.6 Å². The fourth-order valence-electron chi connectivity index (χ4n) is 3.08. The quantitative estimate of drug-likeness (QED) is 0.887. The van der Waals surface area contributed by atoms with Gasteiger partial charge in [-0.15, -0.1) is 17.5 Å². The third-order valence-electron chi connectivity index (χ3n) is 4.50. The number of rotatable bonds is 3. The number of halogens is 2. The molecule has 8 heteroatoms. The van der Waals surface area contributed by atoms with E-state index in [0.717, 1.165) is 30.9 Å². The normalized spacial score (nSPS) is 20.2. The summed E-state index contributed by atoms with van der Waals surface area (Å²) in [5, 5.41) is 8.46. The molecule has 2 fully saturated rings. The summed E-state index contributed by atoms with van der Waals surface area (Å²) in [5.74, 6) is 1.38. The van der Waals surface area contributed by atoms with Gasteiger partial charge >= 0.3 is 0 Å². The van der Waals surface area contributed by atoms with Gasteiger partial charge in [-0.2, -0.15) is 0 Å². The molecule has 1 atom stereocenters. The maximum atomic E-state index is 12.8. The van der Waals surface area contributed by atoms with Crippen LogP contribution in [0, 0.1) is 0 Å². The number of nitrogens with zero attached hydrogens (tertiary/aromatic N) is 4. The number of para-hydroxylation sites is 1. The Morgan fingerprint density at radius 3 is 2.76 bits per heavy atom. The maximum absolute atomic E-state index is 12.8. The van der Waals surface area contributed by atoms with Crippen LogP contribution >= 0.6 is 24.0 Å². The van der Waals surface area contributed by atoms with E-state index in [1.807, 2.05) is 29.2 Å². The zero-order valence-electron chi connectivity index (χ0n) is 14.0. The molecule has 0 spiro atoms. The van der Waals surface area contributed by atoms with Gasteiger partial charge in [-0.1, -0.05) is 23.7 Å². The van der Waals surface area contributed by atoms with E-state index in [0.29, 0.717) is 24.0 Å². The molecular formula is C17H21Cl2N5O. The molecule has 1 saturated heterocycles. The summed E-state index contributed by atoms with van der Waals surface area (Å²) in [6.45, 7) is 4.24. The second-order valence-corrected chi connectivity index (χ2v) is 6.94. The van der Waals surface area contributed by atoms with Crippen molar-refractivity contribution in [1.82, 2.24) is 25.0 Å². The van der Waals surface area contributed by atoms with Crippen molar-refractivity contribution < 1.29 is 4.79 Å². The number of amides is 1. The molecular weight excluding hydrogens is 361 g/mol. The Morgan fingerprint density at radius 1 is 1.32 bits per heavy atom. The topological polar surface area (TPSA) is 63.1 Å². The van der Waals surface area contributed by atoms with Crippen molar-refractivity contribution in [3.05, 3.63) is 40.9 Å². The molecule has 1 aromatic heterocycles. The number of hydrogen-bond donors (Lipinski definition) is 1. The van der Waals surface area contributed by atoms with Gasteiger partial charge in [0.25, 0.3) is 5.91 Å². The average Bonchev–Trinajstić information content (AvgIpc) is 3.34. The van der Waals surface area contributed by atoms with E-state index in [1.54, 1.807) is 4.68 Å². The minimum atomic E-state index is -0.101. The van der Waals surface area contributed by atoms with Crippen LogP contribution in [0.25, 0.3) is 5.69 Å². The van der Waals surface area contributed by atoms with Crippen LogP contribution in [0.1, 0.15) is 42.1 Å². The van der Waals surface area contributed by atoms with E-state index in [1.165, 1.54) is 0 Å². The summed E-state index contributed by atoms with van der Waals surface area (Å²) in [5.41, 5.74) is 0.779. The molecule has 1 saturated carbocycles. The Hall–Kier alpha value is -1.63. The third kappa shape index (κ3) is 3.66. The summed E-state index contributed by atoms with van der Waals surface area (Å²) in [7, 11) is 0. The van der Waals surface area contributed by atoms with E-state index < -0.39 is 0 Å². The highest BCUT2D eigenvalue weighted by atomic mass is 35.5. The first-order chi connectivity index (χ1) is 11.6. The molecule has 2 aromatic rings. The van der Waals surface area contributed by atoms with Crippen molar-refractivity contribution in [3.8, 4) is 5.69 Å². The van der Waals surface area contributed by atoms with Crippen LogP contribution in [0.2, 0.25) is 5.02 Å². The van der Waals surface area contributed by atoms with Crippen LogP contribution in [-0.4, -0.2) is 51.2 Å². The van der Waals surface area contributed by atoms with Crippen LogP contribution in [-0.2, 0) is 0 Å². The Kier molecular flexibility index (Phi) is 5.32. The summed E-state index contributed by atoms with van der Waals surface area (Å²) in [4.78, 5) is 19.2. The molecule has 0 bridgehead atoms. The molecule has 1 N–H and O–H groups in total. The predicted octanol–water partition coefficient (Wildman–Crippen LogP) is 2.65. The molecule has 25 heavy (non-hydrogen) atoms. The first-order valence-electron chi connectivity index (χ1n) is 8.38. The lowest BCUT2D eigenvalue weighted by molar-refractivity contribution is 0.0696. The maximum Gasteiger partial charge on any atom is 0.293 e. The van der Waals surface area contributed by atoms with E-state index in [4.69, 9.17) is 11.6 Å². The standard InChI is InChI=1S/C17H20ClN5O.ClH/c1-11-10-22(9-8-19-11)17(24)15-20-16(12-6-7-12)23(21-15)14-5-3-2-4-13(14)18;/h2-5,11-12,19H,6-10H2,1H3;1H. The van der Waals surface area contributed by atoms with Gasteiger partial charge in [0, 0.05) is 31.6 Å². The number of nitrogens with one attached hydrogen (secondary N) is 1. The number of aromatic nitrogens is 3. The lowest BCUT2D eigenvalue weighted by Crippen LogP contribution is -2.51. The number of hydrogen-bond acceptors (Lipinski definition) is 4. The minimum Gasteiger partial charge on any atom is -0.333 e. The smallest absolute Gasteiger partial charge is 0.293 e. The zero-order chi connectivity index (χ0) is 16.7. The van der Waals surface area contributed by atoms with Crippen LogP contribution in [0.3, 0.4) is 0 Å². The van der Waals surface area contributed by atoms with Crippen LogP contribution in [0.5, 0.6) is 0 Å². The van der Waals surface area contributed by atoms with Crippen molar-refractivity contribution in [2.45, 2.75) is 31.7 Å². The Morgan fingerprint density at radius 2 is 2.08 bits per heavy atom. The number of benzene rings is 1. The fourth-order valence-corrected chi connectivity index (χ4v) is 3.30. The monoisotopic (exact) mass is 381 g/mol. The Labute approximate surface area is 158 Å². The van der Waals surface area contributed by atoms with Crippen LogP contribution in [0.15, 0.2) is 24.3 Å². The molecule has 6 nitrogen and oxygen atoms in total. The summed E-state index contributed by atoms with van der Waals surface area (Å²) >= 11 is 6.32. The molecule has 0 radical (unpaired) electrons. The van der Waals surface area contributed by atoms with Gasteiger partial charge in [-0.05, 0) is 31.9 Å². The summed E-state index contributed by atoms with van der Waals surface area (Å²) in [6, 6.07) is 7.82. The highest BCUT2D eigenvalue weighted by Gasteiger charge is 2.33. The largest absolute Gasteiger partial charge is 0.333 e. The second kappa shape index (κ2) is 7.32. The van der Waals surface area contributed by atoms with Gasteiger partial charge in [0.1, 0.15) is 5.82 Å². The van der Waals surface area contributed by atoms with Gasteiger partial charge in [-0.25, -0.2) is 9.67 Å². The van der Waals surface area contributed by atoms with E-state index in [2.05, 4.69) is 22.3 Å². The van der Waals surface area contributed by atoms with Crippen molar-refractivity contribution in [2.24, 2.45) is 0 Å². The minimum absolute atomic E-state index is 0. The van der Waals surface area contributed by atoms with Gasteiger partial charge in [0.15, 0.2) is 0 Å². The zero-order valence-corrected chi connectivity index (χ0v) is 15.6. The van der Waals surface area contributed by atoms with Gasteiger partial charge in [0.05, 0.1) is 10.7 Å². The summed E-state index contributed by atoms with van der Waals surface area (Å²) in [6.07, 6.45) is 2.17. The van der Waals surface area contributed by atoms with Crippen molar-refractivity contribution in [3.63, 3.8) is 0 Å². The van der Waals surface area contributed by atoms with Crippen LogP contribution < -0.4 is 5.32 Å². The van der Waals surface area contributed by atoms with E-state index in [-0.39, 0.29) is 30.2 Å². The van der Waals surface area contributed by atoms with Gasteiger partial charge in [0.2, 0.25) is 5.82 Å². The Bertz CT molecular complexity index is 774. The first-order valence-corrected chi connectivity index (χ1v) is 8.76. The van der Waals surface area contributed by atoms with Crippen molar-refractivity contribution in [1.29, 1.82) is 0 Å². The average molecular weight is 382 g/mol. The molecule has 1 aliphatic carbocycles. The highest BCUT2D eigenvalue weighted by molar-refractivity contribution is 6.32. The van der Waals surface area contributed by atoms with Crippen molar-refractivity contribution >= 4 is 29.9 Å². The molecule has 2 aliphatic rings. The van der Waals surface area contributed by atoms with E-state index >= 15 is 0 Å².